The van der Waals surface area contributed by atoms with Crippen molar-refractivity contribution in [2.45, 2.75) is 12.8 Å². The van der Waals surface area contributed by atoms with Gasteiger partial charge in [-0.25, -0.2) is 0 Å². The molecular weight excluding hydrogens is 334 g/mol. The van der Waals surface area contributed by atoms with E-state index in [1.807, 2.05) is 0 Å². The largest absolute Gasteiger partial charge is 0.497 e. The predicted molar refractivity (Wildman–Crippen MR) is 96.6 cm³/mol. The average Bonchev–Trinajstić information content (AvgIpc) is 3.47. The minimum Gasteiger partial charge on any atom is -0.497 e. The second-order valence-corrected chi connectivity index (χ2v) is 6.76. The van der Waals surface area contributed by atoms with Crippen LogP contribution in [0, 0.1) is 5.41 Å². The van der Waals surface area contributed by atoms with Crippen LogP contribution in [0.25, 0.3) is 0 Å². The van der Waals surface area contributed by atoms with Crippen molar-refractivity contribution in [1.29, 1.82) is 0 Å². The molecule has 1 N–H and O–H groups in total. The molecule has 2 aromatic carbocycles. The van der Waals surface area contributed by atoms with E-state index in [4.69, 9.17) is 18.9 Å². The molecule has 136 valence electrons. The van der Waals surface area contributed by atoms with E-state index >= 15 is 0 Å². The molecule has 6 heteroatoms. The van der Waals surface area contributed by atoms with Crippen molar-refractivity contribution < 1.29 is 23.7 Å². The molecule has 4 rings (SSSR count). The van der Waals surface area contributed by atoms with E-state index in [0.29, 0.717) is 47.5 Å². The Hall–Kier alpha value is -2.89. The van der Waals surface area contributed by atoms with E-state index in [-0.39, 0.29) is 11.3 Å². The smallest absolute Gasteiger partial charge is 0.255 e. The summed E-state index contributed by atoms with van der Waals surface area (Å²) in [6.07, 6.45) is 2.26. The van der Waals surface area contributed by atoms with Crippen LogP contribution in [0.4, 0.5) is 5.69 Å². The minimum absolute atomic E-state index is 0.162. The number of hydrogen-bond donors (Lipinski definition) is 1. The first-order chi connectivity index (χ1) is 12.6. The number of carbonyl (C=O) groups is 1. The zero-order valence-corrected chi connectivity index (χ0v) is 14.8. The first kappa shape index (κ1) is 16.6. The Bertz CT molecular complexity index is 844. The second-order valence-electron chi connectivity index (χ2n) is 6.76. The maximum atomic E-state index is 12.7. The number of nitrogens with one attached hydrogen (secondary N) is 1. The van der Waals surface area contributed by atoms with Crippen molar-refractivity contribution in [3.63, 3.8) is 0 Å². The molecule has 26 heavy (non-hydrogen) atoms. The average molecular weight is 355 g/mol. The molecule has 0 bridgehead atoms. The SMILES string of the molecule is COc1ccc(OC)c(NC(=O)c2ccc3c(c2)OCC2(CC2)CO3)c1. The highest BCUT2D eigenvalue weighted by molar-refractivity contribution is 6.05. The van der Waals surface area contributed by atoms with Crippen molar-refractivity contribution in [2.24, 2.45) is 5.41 Å². The summed E-state index contributed by atoms with van der Waals surface area (Å²) in [7, 11) is 3.13. The van der Waals surface area contributed by atoms with Gasteiger partial charge in [0.2, 0.25) is 0 Å². The fraction of sp³-hybridized carbons (Fsp3) is 0.350. The molecule has 1 fully saturated rings. The van der Waals surface area contributed by atoms with Crippen LogP contribution in [0.2, 0.25) is 0 Å². The Labute approximate surface area is 152 Å². The monoisotopic (exact) mass is 355 g/mol. The summed E-state index contributed by atoms with van der Waals surface area (Å²) >= 11 is 0. The molecular formula is C20H21NO5. The number of anilines is 1. The molecule has 1 spiro atoms. The van der Waals surface area contributed by atoms with Gasteiger partial charge in [0.25, 0.3) is 5.91 Å². The van der Waals surface area contributed by atoms with Gasteiger partial charge in [-0.3, -0.25) is 4.79 Å². The number of fused-ring (bicyclic) bond motifs is 1. The van der Waals surface area contributed by atoms with Crippen molar-refractivity contribution in [2.75, 3.05) is 32.8 Å². The summed E-state index contributed by atoms with van der Waals surface area (Å²) in [5, 5.41) is 2.86. The molecule has 1 aliphatic heterocycles. The van der Waals surface area contributed by atoms with Crippen LogP contribution in [0.5, 0.6) is 23.0 Å². The summed E-state index contributed by atoms with van der Waals surface area (Å²) in [5.74, 6) is 2.23. The van der Waals surface area contributed by atoms with Gasteiger partial charge in [0.05, 0.1) is 33.1 Å². The zero-order valence-electron chi connectivity index (χ0n) is 14.8. The van der Waals surface area contributed by atoms with Gasteiger partial charge < -0.3 is 24.3 Å². The van der Waals surface area contributed by atoms with E-state index in [9.17, 15) is 4.79 Å². The number of amides is 1. The Morgan fingerprint density at radius 2 is 1.77 bits per heavy atom. The maximum Gasteiger partial charge on any atom is 0.255 e. The van der Waals surface area contributed by atoms with Crippen LogP contribution < -0.4 is 24.3 Å². The molecule has 0 unspecified atom stereocenters. The van der Waals surface area contributed by atoms with Gasteiger partial charge >= 0.3 is 0 Å². The summed E-state index contributed by atoms with van der Waals surface area (Å²) in [4.78, 5) is 12.7. The Balaban J connectivity index is 1.55. The van der Waals surface area contributed by atoms with Crippen LogP contribution in [-0.4, -0.2) is 33.3 Å². The highest BCUT2D eigenvalue weighted by atomic mass is 16.5. The number of rotatable bonds is 4. The summed E-state index contributed by atoms with van der Waals surface area (Å²) < 4.78 is 22.3. The Kier molecular flexibility index (Phi) is 4.11. The number of carbonyl (C=O) groups excluding carboxylic acids is 1. The number of ether oxygens (including phenoxy) is 4. The highest BCUT2D eigenvalue weighted by Gasteiger charge is 2.46. The molecule has 2 aromatic rings. The minimum atomic E-state index is -0.256. The molecule has 0 saturated heterocycles. The fourth-order valence-electron chi connectivity index (χ4n) is 2.96. The molecule has 6 nitrogen and oxygen atoms in total. The highest BCUT2D eigenvalue weighted by Crippen LogP contribution is 2.49. The molecule has 0 aromatic heterocycles. The van der Waals surface area contributed by atoms with Crippen LogP contribution in [-0.2, 0) is 0 Å². The van der Waals surface area contributed by atoms with Crippen LogP contribution >= 0.6 is 0 Å². The molecule has 2 aliphatic rings. The lowest BCUT2D eigenvalue weighted by Gasteiger charge is -2.13. The van der Waals surface area contributed by atoms with Gasteiger partial charge in [-0.2, -0.15) is 0 Å². The first-order valence-electron chi connectivity index (χ1n) is 8.55. The maximum absolute atomic E-state index is 12.7. The normalized spacial score (nSPS) is 16.5. The van der Waals surface area contributed by atoms with Crippen molar-refractivity contribution in [3.05, 3.63) is 42.0 Å². The van der Waals surface area contributed by atoms with Crippen molar-refractivity contribution >= 4 is 11.6 Å². The number of benzene rings is 2. The fourth-order valence-corrected chi connectivity index (χ4v) is 2.96. The Morgan fingerprint density at radius 3 is 2.46 bits per heavy atom. The third kappa shape index (κ3) is 3.14. The van der Waals surface area contributed by atoms with Crippen LogP contribution in [0.15, 0.2) is 36.4 Å². The predicted octanol–water partition coefficient (Wildman–Crippen LogP) is 3.51. The van der Waals surface area contributed by atoms with E-state index in [2.05, 4.69) is 5.32 Å². The third-order valence-corrected chi connectivity index (χ3v) is 4.89. The lowest BCUT2D eigenvalue weighted by molar-refractivity contribution is 0.102. The van der Waals surface area contributed by atoms with E-state index in [1.165, 1.54) is 0 Å². The lowest BCUT2D eigenvalue weighted by atomic mass is 10.1. The topological polar surface area (TPSA) is 66.0 Å². The molecule has 1 heterocycles. The van der Waals surface area contributed by atoms with Crippen LogP contribution in [0.1, 0.15) is 23.2 Å². The van der Waals surface area contributed by atoms with E-state index in [0.717, 1.165) is 12.8 Å². The Morgan fingerprint density at radius 1 is 1.00 bits per heavy atom. The molecule has 1 amide bonds. The van der Waals surface area contributed by atoms with Crippen LogP contribution in [0.3, 0.4) is 0 Å². The molecule has 1 aliphatic carbocycles. The molecule has 0 radical (unpaired) electrons. The number of hydrogen-bond acceptors (Lipinski definition) is 5. The quantitative estimate of drug-likeness (QED) is 0.909. The molecule has 1 saturated carbocycles. The van der Waals surface area contributed by atoms with Crippen molar-refractivity contribution in [3.8, 4) is 23.0 Å². The summed E-state index contributed by atoms with van der Waals surface area (Å²) in [6, 6.07) is 10.5. The molecule has 0 atom stereocenters. The van der Waals surface area contributed by atoms with Gasteiger partial charge in [0, 0.05) is 17.0 Å². The number of methoxy groups -OCH3 is 2. The lowest BCUT2D eigenvalue weighted by Crippen LogP contribution is -2.17. The summed E-state index contributed by atoms with van der Waals surface area (Å²) in [6.45, 7) is 1.31. The van der Waals surface area contributed by atoms with Gasteiger partial charge in [-0.05, 0) is 43.2 Å². The zero-order chi connectivity index (χ0) is 18.1. The van der Waals surface area contributed by atoms with E-state index < -0.39 is 0 Å². The van der Waals surface area contributed by atoms with Gasteiger partial charge in [-0.1, -0.05) is 0 Å². The van der Waals surface area contributed by atoms with Gasteiger partial charge in [0.15, 0.2) is 11.5 Å². The van der Waals surface area contributed by atoms with Gasteiger partial charge in [-0.15, -0.1) is 0 Å². The van der Waals surface area contributed by atoms with Crippen molar-refractivity contribution in [1.82, 2.24) is 0 Å². The second kappa shape index (κ2) is 6.44. The standard InChI is InChI=1S/C20H21NO5/c1-23-14-4-6-16(24-2)15(10-14)21-19(22)13-3-5-17-18(9-13)26-12-20(7-8-20)11-25-17/h3-6,9-10H,7-8,11-12H2,1-2H3,(H,21,22). The third-order valence-electron chi connectivity index (χ3n) is 4.89. The summed E-state index contributed by atoms with van der Waals surface area (Å²) in [5.41, 5.74) is 1.19. The van der Waals surface area contributed by atoms with E-state index in [1.54, 1.807) is 50.6 Å². The first-order valence-corrected chi connectivity index (χ1v) is 8.55. The van der Waals surface area contributed by atoms with Gasteiger partial charge in [0.1, 0.15) is 11.5 Å².